The van der Waals surface area contributed by atoms with Gasteiger partial charge in [0.2, 0.25) is 11.9 Å². The van der Waals surface area contributed by atoms with Crippen LogP contribution >= 0.6 is 0 Å². The van der Waals surface area contributed by atoms with Crippen molar-refractivity contribution in [1.29, 1.82) is 0 Å². The molecule has 4 N–H and O–H groups in total. The van der Waals surface area contributed by atoms with E-state index in [4.69, 9.17) is 0 Å². The van der Waals surface area contributed by atoms with Gasteiger partial charge in [-0.2, -0.15) is 46.3 Å². The number of nitrogens with zero attached hydrogens (tertiary/aromatic N) is 9. The quantitative estimate of drug-likeness (QED) is 0.132. The standard InChI is InChI=1S/C18H18F3N7.C15H13F3N6/c1-28-9-12(10-28)25-17-26-15-13(5-3-7-23-15)16(27-17)24-8-11-4-2-6-22-14(11)18(19,20)21;1-19-14-23-12-10(5-3-7-21-12)13(24-14)22-8-9-4-2-6-20-11(9)15(16,17)18/h2-7,12H,8-10H2,1H3,(H2,23,24,25,26,27);2-7H,8H2,1H3,(H2,19,21,22,23,24). The number of likely N-dealkylation sites (N-methyl/N-ethyl adjacent to an activating group) is 1. The summed E-state index contributed by atoms with van der Waals surface area (Å²) in [4.78, 5) is 34.8. The predicted molar refractivity (Wildman–Crippen MR) is 182 cm³/mol. The Labute approximate surface area is 292 Å². The molecule has 7 rings (SSSR count). The van der Waals surface area contributed by atoms with Crippen LogP contribution in [0.15, 0.2) is 73.3 Å². The molecule has 0 radical (unpaired) electrons. The van der Waals surface area contributed by atoms with Crippen LogP contribution in [0.1, 0.15) is 22.5 Å². The van der Waals surface area contributed by atoms with Crippen LogP contribution < -0.4 is 21.3 Å². The fraction of sp³-hybridized carbons (Fsp3) is 0.273. The number of aromatic nitrogens is 8. The highest BCUT2D eigenvalue weighted by Gasteiger charge is 2.36. The van der Waals surface area contributed by atoms with E-state index in [1.165, 1.54) is 24.3 Å². The average Bonchev–Trinajstić information content (AvgIpc) is 3.12. The number of anilines is 4. The topological polar surface area (TPSA) is 154 Å². The second-order valence-electron chi connectivity index (χ2n) is 11.6. The summed E-state index contributed by atoms with van der Waals surface area (Å²) in [5, 5.41) is 13.2. The lowest BCUT2D eigenvalue weighted by atomic mass is 10.1. The lowest BCUT2D eigenvalue weighted by Crippen LogP contribution is -2.52. The van der Waals surface area contributed by atoms with Gasteiger partial charge in [-0.3, -0.25) is 9.97 Å². The molecular weight excluding hydrogens is 692 g/mol. The van der Waals surface area contributed by atoms with E-state index in [9.17, 15) is 26.3 Å². The molecule has 1 aliphatic rings. The molecule has 52 heavy (non-hydrogen) atoms. The number of hydrogen-bond acceptors (Lipinski definition) is 13. The van der Waals surface area contributed by atoms with Gasteiger partial charge < -0.3 is 26.2 Å². The maximum absolute atomic E-state index is 13.2. The highest BCUT2D eigenvalue weighted by atomic mass is 19.4. The summed E-state index contributed by atoms with van der Waals surface area (Å²) in [6.45, 7) is 1.59. The van der Waals surface area contributed by atoms with Crippen LogP contribution in [-0.4, -0.2) is 78.0 Å². The Hall–Kier alpha value is -5.98. The van der Waals surface area contributed by atoms with E-state index in [1.54, 1.807) is 43.7 Å². The highest BCUT2D eigenvalue weighted by molar-refractivity contribution is 5.88. The largest absolute Gasteiger partial charge is 0.433 e. The molecular formula is C33H31F6N13. The van der Waals surface area contributed by atoms with E-state index < -0.39 is 23.7 Å². The second-order valence-corrected chi connectivity index (χ2v) is 11.6. The van der Waals surface area contributed by atoms with Gasteiger partial charge >= 0.3 is 12.4 Å². The number of fused-ring (bicyclic) bond motifs is 2. The molecule has 6 aromatic rings. The molecule has 7 heterocycles. The van der Waals surface area contributed by atoms with Gasteiger partial charge in [0.15, 0.2) is 11.3 Å². The van der Waals surface area contributed by atoms with Gasteiger partial charge in [-0.05, 0) is 43.4 Å². The molecule has 0 unspecified atom stereocenters. The van der Waals surface area contributed by atoms with E-state index in [0.29, 0.717) is 45.6 Å². The van der Waals surface area contributed by atoms with Gasteiger partial charge in [0.05, 0.1) is 16.8 Å². The molecule has 0 aliphatic carbocycles. The number of nitrogens with one attached hydrogen (secondary N) is 4. The average molecular weight is 724 g/mol. The lowest BCUT2D eigenvalue weighted by molar-refractivity contribution is -0.142. The van der Waals surface area contributed by atoms with Crippen LogP contribution in [0.3, 0.4) is 0 Å². The lowest BCUT2D eigenvalue weighted by Gasteiger charge is -2.36. The summed E-state index contributed by atoms with van der Waals surface area (Å²) >= 11 is 0. The molecule has 1 fully saturated rings. The Kier molecular flexibility index (Phi) is 10.4. The van der Waals surface area contributed by atoms with Crippen molar-refractivity contribution in [2.75, 3.05) is 48.5 Å². The van der Waals surface area contributed by atoms with Crippen LogP contribution in [0.5, 0.6) is 0 Å². The number of rotatable bonds is 9. The summed E-state index contributed by atoms with van der Waals surface area (Å²) in [6, 6.07) is 12.9. The summed E-state index contributed by atoms with van der Waals surface area (Å²) in [7, 11) is 3.66. The zero-order valence-electron chi connectivity index (χ0n) is 27.6. The predicted octanol–water partition coefficient (Wildman–Crippen LogP) is 5.87. The van der Waals surface area contributed by atoms with Crippen molar-refractivity contribution < 1.29 is 26.3 Å². The maximum atomic E-state index is 13.2. The first kappa shape index (κ1) is 35.8. The first-order valence-electron chi connectivity index (χ1n) is 15.8. The Bertz CT molecular complexity index is 2160. The van der Waals surface area contributed by atoms with Crippen molar-refractivity contribution in [3.63, 3.8) is 0 Å². The molecule has 0 aromatic carbocycles. The number of pyridine rings is 4. The van der Waals surface area contributed by atoms with E-state index in [1.807, 2.05) is 7.05 Å². The number of hydrogen-bond donors (Lipinski definition) is 4. The summed E-state index contributed by atoms with van der Waals surface area (Å²) < 4.78 is 78.5. The third-order valence-electron chi connectivity index (χ3n) is 7.78. The minimum absolute atomic E-state index is 0.0339. The van der Waals surface area contributed by atoms with Crippen LogP contribution in [0.4, 0.5) is 49.9 Å². The third kappa shape index (κ3) is 8.48. The zero-order valence-corrected chi connectivity index (χ0v) is 27.6. The van der Waals surface area contributed by atoms with Crippen molar-refractivity contribution in [2.24, 2.45) is 0 Å². The molecule has 13 nitrogen and oxygen atoms in total. The van der Waals surface area contributed by atoms with Crippen molar-refractivity contribution in [3.05, 3.63) is 95.8 Å². The van der Waals surface area contributed by atoms with Crippen molar-refractivity contribution in [3.8, 4) is 0 Å². The molecule has 270 valence electrons. The fourth-order valence-electron chi connectivity index (χ4n) is 5.37. The Morgan fingerprint density at radius 1 is 0.635 bits per heavy atom. The van der Waals surface area contributed by atoms with Crippen molar-refractivity contribution in [2.45, 2.75) is 31.5 Å². The zero-order chi connectivity index (χ0) is 36.9. The Morgan fingerprint density at radius 2 is 1.08 bits per heavy atom. The smallest absolute Gasteiger partial charge is 0.365 e. The normalized spacial score (nSPS) is 13.6. The second kappa shape index (κ2) is 15.1. The number of halogens is 6. The molecule has 1 saturated heterocycles. The minimum atomic E-state index is -4.52. The van der Waals surface area contributed by atoms with Crippen LogP contribution in [0.25, 0.3) is 22.1 Å². The molecule has 0 spiro atoms. The van der Waals surface area contributed by atoms with Crippen LogP contribution in [0.2, 0.25) is 0 Å². The van der Waals surface area contributed by atoms with Gasteiger partial charge in [0.25, 0.3) is 0 Å². The third-order valence-corrected chi connectivity index (χ3v) is 7.78. The van der Waals surface area contributed by atoms with Gasteiger partial charge in [0.1, 0.15) is 23.0 Å². The Morgan fingerprint density at radius 3 is 1.54 bits per heavy atom. The first-order valence-corrected chi connectivity index (χ1v) is 15.8. The molecule has 6 aromatic heterocycles. The molecule has 19 heteroatoms. The first-order chi connectivity index (χ1) is 24.9. The van der Waals surface area contributed by atoms with Gasteiger partial charge in [-0.15, -0.1) is 0 Å². The van der Waals surface area contributed by atoms with Crippen LogP contribution in [-0.2, 0) is 25.4 Å². The molecule has 0 atom stereocenters. The minimum Gasteiger partial charge on any atom is -0.365 e. The maximum Gasteiger partial charge on any atom is 0.433 e. The van der Waals surface area contributed by atoms with Gasteiger partial charge in [-0.1, -0.05) is 12.1 Å². The summed E-state index contributed by atoms with van der Waals surface area (Å²) in [6.07, 6.45) is -3.58. The van der Waals surface area contributed by atoms with E-state index in [-0.39, 0.29) is 30.3 Å². The van der Waals surface area contributed by atoms with E-state index in [0.717, 1.165) is 25.5 Å². The summed E-state index contributed by atoms with van der Waals surface area (Å²) in [5.74, 6) is 1.54. The molecule has 0 bridgehead atoms. The SMILES string of the molecule is CN1CC(Nc2nc(NCc3cccnc3C(F)(F)F)c3cccnc3n2)C1.CNc1nc(NCc2cccnc2C(F)(F)F)c2cccnc2n1. The van der Waals surface area contributed by atoms with Gasteiger partial charge in [0, 0.05) is 69.1 Å². The van der Waals surface area contributed by atoms with Crippen molar-refractivity contribution >= 4 is 45.6 Å². The summed E-state index contributed by atoms with van der Waals surface area (Å²) in [5.41, 5.74) is -0.830. The Balaban J connectivity index is 0.000000181. The van der Waals surface area contributed by atoms with E-state index >= 15 is 0 Å². The fourth-order valence-corrected chi connectivity index (χ4v) is 5.37. The molecule has 0 saturated carbocycles. The van der Waals surface area contributed by atoms with Crippen molar-refractivity contribution in [1.82, 2.24) is 44.8 Å². The van der Waals surface area contributed by atoms with Gasteiger partial charge in [-0.25, -0.2) is 9.97 Å². The van der Waals surface area contributed by atoms with E-state index in [2.05, 4.69) is 66.0 Å². The molecule has 0 amide bonds. The monoisotopic (exact) mass is 723 g/mol. The highest BCUT2D eigenvalue weighted by Crippen LogP contribution is 2.32. The number of alkyl halides is 6. The van der Waals surface area contributed by atoms with Crippen LogP contribution in [0, 0.1) is 0 Å². The molecule has 1 aliphatic heterocycles. The number of likely N-dealkylation sites (tertiary alicyclic amines) is 1.